The summed E-state index contributed by atoms with van der Waals surface area (Å²) < 4.78 is 34.9. The topological polar surface area (TPSA) is 67.4 Å². The molecule has 0 fully saturated rings. The number of hydrogen-bond donors (Lipinski definition) is 2. The van der Waals surface area contributed by atoms with Crippen LogP contribution in [0, 0.1) is 11.6 Å². The fourth-order valence-corrected chi connectivity index (χ4v) is 4.60. The van der Waals surface area contributed by atoms with Crippen LogP contribution in [0.4, 0.5) is 20.2 Å². The summed E-state index contributed by atoms with van der Waals surface area (Å²) >= 11 is 0. The highest BCUT2D eigenvalue weighted by Crippen LogP contribution is 2.25. The quantitative estimate of drug-likeness (QED) is 0.194. The van der Waals surface area contributed by atoms with Gasteiger partial charge >= 0.3 is 0 Å². The molecule has 0 unspecified atom stereocenters. The molecule has 0 saturated carbocycles. The maximum atomic E-state index is 14.8. The predicted molar refractivity (Wildman–Crippen MR) is 160 cm³/mol. The van der Waals surface area contributed by atoms with Gasteiger partial charge in [-0.1, -0.05) is 72.8 Å². The molecule has 0 heterocycles. The van der Waals surface area contributed by atoms with Gasteiger partial charge in [-0.25, -0.2) is 8.78 Å². The van der Waals surface area contributed by atoms with Crippen molar-refractivity contribution >= 4 is 23.2 Å². The Balaban J connectivity index is 1.28. The van der Waals surface area contributed by atoms with Crippen molar-refractivity contribution < 1.29 is 23.1 Å². The summed E-state index contributed by atoms with van der Waals surface area (Å²) in [6.45, 7) is 0. The van der Waals surface area contributed by atoms with Gasteiger partial charge in [0.2, 0.25) is 0 Å². The molecule has 0 aliphatic carbocycles. The summed E-state index contributed by atoms with van der Waals surface area (Å²) in [5.74, 6) is -1.75. The van der Waals surface area contributed by atoms with E-state index < -0.39 is 23.4 Å². The SMILES string of the molecule is COc1ccc(C(=O)Nc2ccc(Cc3ccccc3)c(F)c2)cc1C(=O)Nc1ccc(Cc2ccccc2)c(F)c1. The molecule has 0 aromatic heterocycles. The first kappa shape index (κ1) is 28.2. The van der Waals surface area contributed by atoms with Crippen molar-refractivity contribution in [1.29, 1.82) is 0 Å². The summed E-state index contributed by atoms with van der Waals surface area (Å²) in [5.41, 5.74) is 3.75. The third kappa shape index (κ3) is 6.88. The van der Waals surface area contributed by atoms with Crippen LogP contribution >= 0.6 is 0 Å². The lowest BCUT2D eigenvalue weighted by atomic mass is 10.0. The van der Waals surface area contributed by atoms with Crippen LogP contribution in [-0.2, 0) is 12.8 Å². The maximum Gasteiger partial charge on any atom is 0.259 e. The Morgan fingerprint density at radius 1 is 0.619 bits per heavy atom. The first-order valence-corrected chi connectivity index (χ1v) is 13.3. The number of halogens is 2. The minimum absolute atomic E-state index is 0.0864. The van der Waals surface area contributed by atoms with Gasteiger partial charge in [-0.3, -0.25) is 9.59 Å². The van der Waals surface area contributed by atoms with E-state index >= 15 is 0 Å². The lowest BCUT2D eigenvalue weighted by molar-refractivity contribution is 0.102. The van der Waals surface area contributed by atoms with Gasteiger partial charge in [0.15, 0.2) is 0 Å². The number of carbonyl (C=O) groups is 2. The number of rotatable bonds is 9. The summed E-state index contributed by atoms with van der Waals surface area (Å²) in [6.07, 6.45) is 0.850. The van der Waals surface area contributed by atoms with Crippen LogP contribution in [0.3, 0.4) is 0 Å². The number of anilines is 2. The molecule has 5 nitrogen and oxygen atoms in total. The fourth-order valence-electron chi connectivity index (χ4n) is 4.60. The van der Waals surface area contributed by atoms with Crippen molar-refractivity contribution in [3.05, 3.63) is 160 Å². The van der Waals surface area contributed by atoms with Gasteiger partial charge in [-0.15, -0.1) is 0 Å². The van der Waals surface area contributed by atoms with Crippen molar-refractivity contribution in [2.75, 3.05) is 17.7 Å². The van der Waals surface area contributed by atoms with E-state index in [0.29, 0.717) is 24.0 Å². The highest BCUT2D eigenvalue weighted by atomic mass is 19.1. The van der Waals surface area contributed by atoms with E-state index in [2.05, 4.69) is 10.6 Å². The molecule has 2 N–H and O–H groups in total. The van der Waals surface area contributed by atoms with Gasteiger partial charge in [0, 0.05) is 29.8 Å². The molecule has 2 amide bonds. The van der Waals surface area contributed by atoms with E-state index in [1.807, 2.05) is 60.7 Å². The summed E-state index contributed by atoms with van der Waals surface area (Å²) in [4.78, 5) is 26.2. The summed E-state index contributed by atoms with van der Waals surface area (Å²) in [7, 11) is 1.41. The minimum Gasteiger partial charge on any atom is -0.496 e. The van der Waals surface area contributed by atoms with Crippen molar-refractivity contribution in [2.24, 2.45) is 0 Å². The number of carbonyl (C=O) groups excluding carboxylic acids is 2. The van der Waals surface area contributed by atoms with Crippen LogP contribution in [0.2, 0.25) is 0 Å². The molecular weight excluding hydrogens is 534 g/mol. The van der Waals surface area contributed by atoms with Gasteiger partial charge < -0.3 is 15.4 Å². The van der Waals surface area contributed by atoms with E-state index in [-0.39, 0.29) is 28.3 Å². The Labute approximate surface area is 242 Å². The molecule has 0 bridgehead atoms. The van der Waals surface area contributed by atoms with Gasteiger partial charge in [-0.2, -0.15) is 0 Å². The van der Waals surface area contributed by atoms with Crippen LogP contribution in [0.25, 0.3) is 0 Å². The maximum absolute atomic E-state index is 14.8. The molecule has 0 saturated heterocycles. The van der Waals surface area contributed by atoms with Crippen LogP contribution in [0.5, 0.6) is 5.75 Å². The Morgan fingerprint density at radius 3 is 1.60 bits per heavy atom. The number of methoxy groups -OCH3 is 1. The van der Waals surface area contributed by atoms with Gasteiger partial charge in [-0.05, 0) is 64.7 Å². The van der Waals surface area contributed by atoms with Gasteiger partial charge in [0.05, 0.1) is 12.7 Å². The average molecular weight is 563 g/mol. The molecule has 5 rings (SSSR count). The van der Waals surface area contributed by atoms with Gasteiger partial charge in [0.25, 0.3) is 11.8 Å². The molecule has 5 aromatic carbocycles. The Kier molecular flexibility index (Phi) is 8.68. The second-order valence-corrected chi connectivity index (χ2v) is 9.76. The monoisotopic (exact) mass is 562 g/mol. The number of benzene rings is 5. The van der Waals surface area contributed by atoms with E-state index in [9.17, 15) is 18.4 Å². The van der Waals surface area contributed by atoms with Crippen molar-refractivity contribution in [3.8, 4) is 5.75 Å². The number of nitrogens with one attached hydrogen (secondary N) is 2. The van der Waals surface area contributed by atoms with Crippen LogP contribution in [0.15, 0.2) is 115 Å². The molecule has 210 valence electrons. The summed E-state index contributed by atoms with van der Waals surface area (Å²) in [6, 6.07) is 32.5. The molecule has 0 radical (unpaired) electrons. The number of ether oxygens (including phenoxy) is 1. The highest BCUT2D eigenvalue weighted by molar-refractivity contribution is 6.10. The molecule has 0 atom stereocenters. The summed E-state index contributed by atoms with van der Waals surface area (Å²) in [5, 5.41) is 5.35. The van der Waals surface area contributed by atoms with E-state index in [4.69, 9.17) is 4.74 Å². The zero-order chi connectivity index (χ0) is 29.5. The van der Waals surface area contributed by atoms with Crippen molar-refractivity contribution in [1.82, 2.24) is 0 Å². The molecule has 0 aliphatic rings. The standard InChI is InChI=1S/C35H28F2N2O3/c1-42-33-17-14-27(34(40)38-28-15-12-25(31(36)21-28)18-23-8-4-2-5-9-23)20-30(33)35(41)39-29-16-13-26(32(37)22-29)19-24-10-6-3-7-11-24/h2-17,20-22H,18-19H2,1H3,(H,38,40)(H,39,41). The van der Waals surface area contributed by atoms with Crippen LogP contribution < -0.4 is 15.4 Å². The minimum atomic E-state index is -0.576. The normalized spacial score (nSPS) is 10.6. The molecule has 5 aromatic rings. The third-order valence-electron chi connectivity index (χ3n) is 6.80. The lowest BCUT2D eigenvalue weighted by Crippen LogP contribution is -2.17. The smallest absolute Gasteiger partial charge is 0.259 e. The molecule has 0 aliphatic heterocycles. The second kappa shape index (κ2) is 12.9. The van der Waals surface area contributed by atoms with Crippen molar-refractivity contribution in [3.63, 3.8) is 0 Å². The largest absolute Gasteiger partial charge is 0.496 e. The van der Waals surface area contributed by atoms with E-state index in [1.165, 1.54) is 37.4 Å². The predicted octanol–water partition coefficient (Wildman–Crippen LogP) is 7.66. The first-order valence-electron chi connectivity index (χ1n) is 13.3. The zero-order valence-electron chi connectivity index (χ0n) is 22.9. The van der Waals surface area contributed by atoms with Crippen LogP contribution in [-0.4, -0.2) is 18.9 Å². The molecule has 7 heteroatoms. The Morgan fingerprint density at radius 2 is 1.12 bits per heavy atom. The highest BCUT2D eigenvalue weighted by Gasteiger charge is 2.18. The average Bonchev–Trinajstić information content (AvgIpc) is 3.00. The van der Waals surface area contributed by atoms with E-state index in [1.54, 1.807) is 24.3 Å². The first-order chi connectivity index (χ1) is 20.4. The molecule has 0 spiro atoms. The number of amides is 2. The Hall–Kier alpha value is -5.30. The molecule has 42 heavy (non-hydrogen) atoms. The second-order valence-electron chi connectivity index (χ2n) is 9.76. The van der Waals surface area contributed by atoms with E-state index in [0.717, 1.165) is 11.1 Å². The third-order valence-corrected chi connectivity index (χ3v) is 6.80. The molecular formula is C35H28F2N2O3. The van der Waals surface area contributed by atoms with Gasteiger partial charge in [0.1, 0.15) is 17.4 Å². The van der Waals surface area contributed by atoms with Crippen molar-refractivity contribution in [2.45, 2.75) is 12.8 Å². The number of hydrogen-bond acceptors (Lipinski definition) is 3. The Bertz CT molecular complexity index is 1720. The fraction of sp³-hybridized carbons (Fsp3) is 0.0857. The zero-order valence-corrected chi connectivity index (χ0v) is 22.9. The lowest BCUT2D eigenvalue weighted by Gasteiger charge is -2.13. The van der Waals surface area contributed by atoms with Crippen LogP contribution in [0.1, 0.15) is 43.0 Å².